The van der Waals surface area contributed by atoms with Crippen LogP contribution in [0.4, 0.5) is 16.3 Å². The van der Waals surface area contributed by atoms with Crippen LogP contribution in [0, 0.1) is 0 Å². The minimum Gasteiger partial charge on any atom is -0.495 e. The molecule has 2 amide bonds. The van der Waals surface area contributed by atoms with Gasteiger partial charge in [-0.2, -0.15) is 0 Å². The van der Waals surface area contributed by atoms with Crippen LogP contribution in [0.15, 0.2) is 36.7 Å². The average Bonchev–Trinajstić information content (AvgIpc) is 2.75. The zero-order valence-electron chi connectivity index (χ0n) is 16.6. The molecule has 2 N–H and O–H groups in total. The summed E-state index contributed by atoms with van der Waals surface area (Å²) in [5.74, 6) is 0.790. The van der Waals surface area contributed by atoms with Gasteiger partial charge in [0.25, 0.3) is 5.91 Å². The number of amides is 2. The fourth-order valence-electron chi connectivity index (χ4n) is 3.12. The number of benzene rings is 1. The van der Waals surface area contributed by atoms with Crippen LogP contribution in [0.1, 0.15) is 30.3 Å². The molecule has 9 nitrogen and oxygen atoms in total. The van der Waals surface area contributed by atoms with Crippen LogP contribution in [0.2, 0.25) is 0 Å². The third-order valence-corrected chi connectivity index (χ3v) is 4.63. The van der Waals surface area contributed by atoms with E-state index in [-0.39, 0.29) is 23.7 Å². The number of rotatable bonds is 6. The molecule has 2 heterocycles. The van der Waals surface area contributed by atoms with Gasteiger partial charge < -0.3 is 25.0 Å². The van der Waals surface area contributed by atoms with E-state index in [0.717, 1.165) is 12.8 Å². The van der Waals surface area contributed by atoms with Gasteiger partial charge in [-0.05, 0) is 31.9 Å². The quantitative estimate of drug-likeness (QED) is 0.769. The van der Waals surface area contributed by atoms with Gasteiger partial charge in [-0.3, -0.25) is 4.79 Å². The molecule has 1 aliphatic rings. The van der Waals surface area contributed by atoms with Crippen LogP contribution in [0.25, 0.3) is 0 Å². The highest BCUT2D eigenvalue weighted by atomic mass is 16.6. The van der Waals surface area contributed by atoms with Crippen LogP contribution < -0.4 is 15.4 Å². The van der Waals surface area contributed by atoms with E-state index in [4.69, 9.17) is 9.47 Å². The number of anilines is 2. The second-order valence-electron chi connectivity index (χ2n) is 6.55. The molecule has 0 unspecified atom stereocenters. The van der Waals surface area contributed by atoms with Crippen LogP contribution in [-0.2, 0) is 4.74 Å². The molecule has 1 aromatic heterocycles. The lowest BCUT2D eigenvalue weighted by Crippen LogP contribution is -2.42. The molecule has 0 saturated carbocycles. The van der Waals surface area contributed by atoms with Crippen molar-refractivity contribution >= 4 is 23.5 Å². The molecular formula is C20H25N5O4. The molecule has 1 fully saturated rings. The number of nitrogens with zero attached hydrogens (tertiary/aromatic N) is 3. The number of aromatic nitrogens is 2. The lowest BCUT2D eigenvalue weighted by molar-refractivity contribution is 0.0980. The van der Waals surface area contributed by atoms with Gasteiger partial charge in [0.05, 0.1) is 19.4 Å². The number of nitrogens with one attached hydrogen (secondary N) is 2. The number of methoxy groups -OCH3 is 1. The fourth-order valence-corrected chi connectivity index (χ4v) is 3.12. The van der Waals surface area contributed by atoms with E-state index in [1.165, 1.54) is 6.33 Å². The summed E-state index contributed by atoms with van der Waals surface area (Å²) in [6.07, 6.45) is 2.62. The van der Waals surface area contributed by atoms with Crippen molar-refractivity contribution in [3.8, 4) is 5.75 Å². The molecule has 0 spiro atoms. The topological polar surface area (TPSA) is 106 Å². The Morgan fingerprint density at radius 2 is 1.97 bits per heavy atom. The van der Waals surface area contributed by atoms with Crippen LogP contribution in [0.3, 0.4) is 0 Å². The van der Waals surface area contributed by atoms with Crippen LogP contribution in [-0.4, -0.2) is 59.7 Å². The Morgan fingerprint density at radius 1 is 1.21 bits per heavy atom. The fraction of sp³-hybridized carbons (Fsp3) is 0.400. The lowest BCUT2D eigenvalue weighted by Gasteiger charge is -2.31. The SMILES string of the molecule is CCOC(=O)N1CCC(Nc2cc(C(=O)Nc3ccccc3OC)ncn2)CC1. The van der Waals surface area contributed by atoms with Crippen LogP contribution >= 0.6 is 0 Å². The van der Waals surface area contributed by atoms with E-state index in [2.05, 4.69) is 20.6 Å². The molecule has 0 atom stereocenters. The number of para-hydroxylation sites is 2. The van der Waals surface area contributed by atoms with Gasteiger partial charge in [-0.15, -0.1) is 0 Å². The second kappa shape index (κ2) is 9.72. The van der Waals surface area contributed by atoms with Gasteiger partial charge in [-0.1, -0.05) is 12.1 Å². The molecule has 1 aliphatic heterocycles. The lowest BCUT2D eigenvalue weighted by atomic mass is 10.1. The van der Waals surface area contributed by atoms with E-state index < -0.39 is 0 Å². The summed E-state index contributed by atoms with van der Waals surface area (Å²) in [5, 5.41) is 6.12. The van der Waals surface area contributed by atoms with E-state index in [0.29, 0.717) is 37.0 Å². The standard InChI is InChI=1S/C20H25N5O4/c1-3-29-20(27)25-10-8-14(9-11-25)23-18-12-16(21-13-22-18)19(26)24-15-6-4-5-7-17(15)28-2/h4-7,12-14H,3,8-11H2,1-2H3,(H,24,26)(H,21,22,23). The van der Waals surface area contributed by atoms with Crippen molar-refractivity contribution in [1.82, 2.24) is 14.9 Å². The largest absolute Gasteiger partial charge is 0.495 e. The zero-order valence-corrected chi connectivity index (χ0v) is 16.6. The number of likely N-dealkylation sites (tertiary alicyclic amines) is 1. The summed E-state index contributed by atoms with van der Waals surface area (Å²) in [6, 6.07) is 8.94. The van der Waals surface area contributed by atoms with Gasteiger partial charge in [0.2, 0.25) is 0 Å². The minimum atomic E-state index is -0.350. The number of carbonyl (C=O) groups excluding carboxylic acids is 2. The second-order valence-corrected chi connectivity index (χ2v) is 6.55. The molecule has 1 aromatic carbocycles. The molecule has 9 heteroatoms. The Balaban J connectivity index is 1.58. The highest BCUT2D eigenvalue weighted by molar-refractivity contribution is 6.04. The highest BCUT2D eigenvalue weighted by Gasteiger charge is 2.24. The summed E-state index contributed by atoms with van der Waals surface area (Å²) in [7, 11) is 1.55. The predicted molar refractivity (Wildman–Crippen MR) is 108 cm³/mol. The first-order valence-corrected chi connectivity index (χ1v) is 9.55. The van der Waals surface area contributed by atoms with Crippen molar-refractivity contribution < 1.29 is 19.1 Å². The highest BCUT2D eigenvalue weighted by Crippen LogP contribution is 2.23. The number of piperidine rings is 1. The molecule has 3 rings (SSSR count). The maximum absolute atomic E-state index is 12.6. The summed E-state index contributed by atoms with van der Waals surface area (Å²) in [6.45, 7) is 3.39. The normalized spacial score (nSPS) is 14.2. The van der Waals surface area contributed by atoms with E-state index in [1.807, 2.05) is 12.1 Å². The Hall–Kier alpha value is -3.36. The van der Waals surface area contributed by atoms with Gasteiger partial charge in [-0.25, -0.2) is 14.8 Å². The Kier molecular flexibility index (Phi) is 6.83. The Labute approximate surface area is 169 Å². The molecule has 2 aromatic rings. The van der Waals surface area contributed by atoms with Crippen LogP contribution in [0.5, 0.6) is 5.75 Å². The molecule has 154 valence electrons. The number of hydrogen-bond acceptors (Lipinski definition) is 7. The minimum absolute atomic E-state index is 0.153. The smallest absolute Gasteiger partial charge is 0.409 e. The third kappa shape index (κ3) is 5.34. The zero-order chi connectivity index (χ0) is 20.6. The average molecular weight is 399 g/mol. The monoisotopic (exact) mass is 399 g/mol. The van der Waals surface area contributed by atoms with Crippen molar-refractivity contribution in [2.45, 2.75) is 25.8 Å². The van der Waals surface area contributed by atoms with Crippen molar-refractivity contribution in [3.05, 3.63) is 42.4 Å². The molecule has 0 radical (unpaired) electrons. The predicted octanol–water partition coefficient (Wildman–Crippen LogP) is 2.77. The number of ether oxygens (including phenoxy) is 2. The van der Waals surface area contributed by atoms with E-state index in [1.54, 1.807) is 37.1 Å². The Morgan fingerprint density at radius 3 is 2.69 bits per heavy atom. The van der Waals surface area contributed by atoms with Gasteiger partial charge in [0.1, 0.15) is 23.6 Å². The first-order chi connectivity index (χ1) is 14.1. The maximum Gasteiger partial charge on any atom is 0.409 e. The number of carbonyl (C=O) groups is 2. The molecular weight excluding hydrogens is 374 g/mol. The first-order valence-electron chi connectivity index (χ1n) is 9.55. The first kappa shape index (κ1) is 20.4. The number of hydrogen-bond donors (Lipinski definition) is 2. The summed E-state index contributed by atoms with van der Waals surface area (Å²) < 4.78 is 10.3. The van der Waals surface area contributed by atoms with Crippen molar-refractivity contribution in [2.24, 2.45) is 0 Å². The molecule has 0 bridgehead atoms. The summed E-state index contributed by atoms with van der Waals surface area (Å²) >= 11 is 0. The van der Waals surface area contributed by atoms with Gasteiger partial charge in [0.15, 0.2) is 0 Å². The molecule has 29 heavy (non-hydrogen) atoms. The van der Waals surface area contributed by atoms with Gasteiger partial charge >= 0.3 is 6.09 Å². The van der Waals surface area contributed by atoms with Crippen molar-refractivity contribution in [1.29, 1.82) is 0 Å². The van der Waals surface area contributed by atoms with E-state index >= 15 is 0 Å². The van der Waals surface area contributed by atoms with Crippen molar-refractivity contribution in [2.75, 3.05) is 37.4 Å². The summed E-state index contributed by atoms with van der Waals surface area (Å²) in [5.41, 5.74) is 0.817. The molecule has 1 saturated heterocycles. The Bertz CT molecular complexity index is 852. The van der Waals surface area contributed by atoms with Crippen molar-refractivity contribution in [3.63, 3.8) is 0 Å². The summed E-state index contributed by atoms with van der Waals surface area (Å²) in [4.78, 5) is 34.3. The third-order valence-electron chi connectivity index (χ3n) is 4.63. The van der Waals surface area contributed by atoms with Gasteiger partial charge in [0, 0.05) is 25.2 Å². The van der Waals surface area contributed by atoms with E-state index in [9.17, 15) is 9.59 Å². The molecule has 0 aliphatic carbocycles. The maximum atomic E-state index is 12.6.